The van der Waals surface area contributed by atoms with Crippen LogP contribution in [-0.2, 0) is 0 Å². The van der Waals surface area contributed by atoms with Gasteiger partial charge in [0.2, 0.25) is 0 Å². The molecule has 0 aliphatic rings. The molecule has 2 heteroatoms. The number of nitrogens with zero attached hydrogens (tertiary/aromatic N) is 2. The first-order chi connectivity index (χ1) is 15.7. The third-order valence-corrected chi connectivity index (χ3v) is 6.84. The molecule has 0 saturated heterocycles. The van der Waals surface area contributed by atoms with E-state index in [9.17, 15) is 0 Å². The van der Waals surface area contributed by atoms with Crippen molar-refractivity contribution >= 4 is 54.1 Å². The van der Waals surface area contributed by atoms with Gasteiger partial charge >= 0.3 is 0 Å². The van der Waals surface area contributed by atoms with Crippen LogP contribution in [0.3, 0.4) is 0 Å². The van der Waals surface area contributed by atoms with Gasteiger partial charge in [0.15, 0.2) is 0 Å². The Morgan fingerprint density at radius 1 is 0.500 bits per heavy atom. The maximum atomic E-state index is 5.05. The molecule has 0 unspecified atom stereocenters. The second kappa shape index (κ2) is 6.24. The summed E-state index contributed by atoms with van der Waals surface area (Å²) in [6.45, 7) is 4.21. The number of aromatic nitrogens is 2. The summed E-state index contributed by atoms with van der Waals surface area (Å²) in [4.78, 5) is 10.0. The van der Waals surface area contributed by atoms with Crippen LogP contribution < -0.4 is 0 Å². The Kier molecular flexibility index (Phi) is 3.44. The fraction of sp³-hybridized carbons (Fsp3) is 0.0667. The highest BCUT2D eigenvalue weighted by Crippen LogP contribution is 2.40. The number of pyridine rings is 2. The Labute approximate surface area is 185 Å². The molecule has 7 aromatic rings. The second-order valence-corrected chi connectivity index (χ2v) is 8.70. The summed E-state index contributed by atoms with van der Waals surface area (Å²) in [5.74, 6) is 0. The van der Waals surface area contributed by atoms with E-state index < -0.39 is 0 Å². The zero-order valence-electron chi connectivity index (χ0n) is 18.0. The van der Waals surface area contributed by atoms with E-state index in [1.165, 1.54) is 54.2 Å². The fourth-order valence-electron chi connectivity index (χ4n) is 5.39. The van der Waals surface area contributed by atoms with E-state index in [-0.39, 0.29) is 0 Å². The smallest absolute Gasteiger partial charge is 0.0725 e. The molecule has 0 amide bonds. The van der Waals surface area contributed by atoms with Gasteiger partial charge in [-0.2, -0.15) is 0 Å². The van der Waals surface area contributed by atoms with Crippen molar-refractivity contribution in [2.75, 3.05) is 0 Å². The van der Waals surface area contributed by atoms with Gasteiger partial charge in [-0.3, -0.25) is 9.97 Å². The standard InChI is InChI=1S/C30H20N2/c1-17-21-12-7-13-27-29(21)30-25(18(2)31-27)15-20(16-28(30)32-17)26-14-19-8-3-4-9-22(19)23-10-5-6-11-24(23)26/h3-16H,1-2H3. The second-order valence-electron chi connectivity index (χ2n) is 8.70. The molecule has 7 rings (SSSR count). The highest BCUT2D eigenvalue weighted by Gasteiger charge is 2.17. The molecule has 2 aromatic heterocycles. The monoisotopic (exact) mass is 408 g/mol. The first kappa shape index (κ1) is 17.6. The molecule has 2 nitrogen and oxygen atoms in total. The molecule has 150 valence electrons. The van der Waals surface area contributed by atoms with Crippen molar-refractivity contribution < 1.29 is 0 Å². The molecular formula is C30H20N2. The lowest BCUT2D eigenvalue weighted by molar-refractivity contribution is 1.26. The van der Waals surface area contributed by atoms with Crippen LogP contribution in [0.15, 0.2) is 84.9 Å². The van der Waals surface area contributed by atoms with E-state index in [1.54, 1.807) is 0 Å². The van der Waals surface area contributed by atoms with Crippen molar-refractivity contribution in [3.8, 4) is 11.1 Å². The average molecular weight is 409 g/mol. The summed E-state index contributed by atoms with van der Waals surface area (Å²) >= 11 is 0. The average Bonchev–Trinajstić information content (AvgIpc) is 2.83. The summed E-state index contributed by atoms with van der Waals surface area (Å²) in [6.07, 6.45) is 0. The van der Waals surface area contributed by atoms with Gasteiger partial charge in [-0.1, -0.05) is 60.7 Å². The third kappa shape index (κ3) is 2.29. The van der Waals surface area contributed by atoms with Crippen LogP contribution in [-0.4, -0.2) is 9.97 Å². The molecule has 0 radical (unpaired) electrons. The summed E-state index contributed by atoms with van der Waals surface area (Å²) in [5.41, 5.74) is 6.62. The quantitative estimate of drug-likeness (QED) is 0.257. The maximum Gasteiger partial charge on any atom is 0.0725 e. The normalized spacial score (nSPS) is 12.1. The van der Waals surface area contributed by atoms with Crippen molar-refractivity contribution in [1.82, 2.24) is 9.97 Å². The van der Waals surface area contributed by atoms with Crippen molar-refractivity contribution in [3.63, 3.8) is 0 Å². The van der Waals surface area contributed by atoms with Gasteiger partial charge in [-0.05, 0) is 70.8 Å². The zero-order valence-corrected chi connectivity index (χ0v) is 18.0. The first-order valence-electron chi connectivity index (χ1n) is 11.0. The lowest BCUT2D eigenvalue weighted by atomic mass is 9.90. The van der Waals surface area contributed by atoms with Crippen LogP contribution in [0.4, 0.5) is 0 Å². The Morgan fingerprint density at radius 3 is 2.03 bits per heavy atom. The van der Waals surface area contributed by atoms with Crippen LogP contribution >= 0.6 is 0 Å². The van der Waals surface area contributed by atoms with Crippen LogP contribution in [0.25, 0.3) is 65.3 Å². The van der Waals surface area contributed by atoms with Crippen molar-refractivity contribution in [2.24, 2.45) is 0 Å². The number of hydrogen-bond donors (Lipinski definition) is 0. The summed E-state index contributed by atoms with van der Waals surface area (Å²) < 4.78 is 0. The minimum absolute atomic E-state index is 1.04. The molecule has 0 aliphatic carbocycles. The zero-order chi connectivity index (χ0) is 21.4. The minimum atomic E-state index is 1.04. The number of aryl methyl sites for hydroxylation is 2. The third-order valence-electron chi connectivity index (χ3n) is 6.84. The number of fused-ring (bicyclic) bond motifs is 3. The Morgan fingerprint density at radius 2 is 1.16 bits per heavy atom. The summed E-state index contributed by atoms with van der Waals surface area (Å²) in [5, 5.41) is 9.92. The van der Waals surface area contributed by atoms with E-state index in [2.05, 4.69) is 98.8 Å². The van der Waals surface area contributed by atoms with E-state index in [0.717, 1.165) is 22.4 Å². The van der Waals surface area contributed by atoms with Gasteiger partial charge in [0.25, 0.3) is 0 Å². The van der Waals surface area contributed by atoms with Gasteiger partial charge in [-0.15, -0.1) is 0 Å². The molecule has 0 aliphatic heterocycles. The minimum Gasteiger partial charge on any atom is -0.252 e. The van der Waals surface area contributed by atoms with Crippen LogP contribution in [0.5, 0.6) is 0 Å². The molecule has 0 saturated carbocycles. The maximum absolute atomic E-state index is 5.05. The topological polar surface area (TPSA) is 25.8 Å². The van der Waals surface area contributed by atoms with Gasteiger partial charge < -0.3 is 0 Å². The predicted molar refractivity (Wildman–Crippen MR) is 136 cm³/mol. The number of benzene rings is 5. The molecular weight excluding hydrogens is 388 g/mol. The van der Waals surface area contributed by atoms with Gasteiger partial charge in [0, 0.05) is 32.9 Å². The lowest BCUT2D eigenvalue weighted by Crippen LogP contribution is -1.96. The summed E-state index contributed by atoms with van der Waals surface area (Å²) in [7, 11) is 0. The first-order valence-corrected chi connectivity index (χ1v) is 11.0. The van der Waals surface area contributed by atoms with E-state index >= 15 is 0 Å². The summed E-state index contributed by atoms with van der Waals surface area (Å²) in [6, 6.07) is 30.6. The SMILES string of the molecule is Cc1nc2cc(-c3cc4ccccc4c4ccccc34)cc3c(C)nc4cccc1c4c23. The van der Waals surface area contributed by atoms with E-state index in [4.69, 9.17) is 9.97 Å². The van der Waals surface area contributed by atoms with Crippen LogP contribution in [0, 0.1) is 13.8 Å². The molecule has 2 heterocycles. The lowest BCUT2D eigenvalue weighted by Gasteiger charge is -2.16. The molecule has 0 spiro atoms. The largest absolute Gasteiger partial charge is 0.252 e. The molecule has 0 fully saturated rings. The van der Waals surface area contributed by atoms with Gasteiger partial charge in [-0.25, -0.2) is 0 Å². The van der Waals surface area contributed by atoms with Crippen LogP contribution in [0.1, 0.15) is 11.4 Å². The van der Waals surface area contributed by atoms with Crippen LogP contribution in [0.2, 0.25) is 0 Å². The van der Waals surface area contributed by atoms with Crippen molar-refractivity contribution in [1.29, 1.82) is 0 Å². The Balaban J connectivity index is 1.66. The molecule has 0 bridgehead atoms. The molecule has 5 aromatic carbocycles. The van der Waals surface area contributed by atoms with E-state index in [1.807, 2.05) is 0 Å². The Hall–Kier alpha value is -4.04. The van der Waals surface area contributed by atoms with Gasteiger partial charge in [0.05, 0.1) is 11.0 Å². The molecule has 32 heavy (non-hydrogen) atoms. The molecule has 0 N–H and O–H groups in total. The van der Waals surface area contributed by atoms with Crippen molar-refractivity contribution in [3.05, 3.63) is 96.3 Å². The number of rotatable bonds is 1. The highest BCUT2D eigenvalue weighted by atomic mass is 14.7. The predicted octanol–water partition coefficient (Wildman–Crippen LogP) is 7.96. The number of hydrogen-bond acceptors (Lipinski definition) is 2. The fourth-order valence-corrected chi connectivity index (χ4v) is 5.39. The van der Waals surface area contributed by atoms with Crippen molar-refractivity contribution in [2.45, 2.75) is 13.8 Å². The highest BCUT2D eigenvalue weighted by molar-refractivity contribution is 6.23. The van der Waals surface area contributed by atoms with Gasteiger partial charge in [0.1, 0.15) is 0 Å². The van der Waals surface area contributed by atoms with E-state index in [0.29, 0.717) is 0 Å². The Bertz CT molecular complexity index is 1850. The molecule has 0 atom stereocenters.